The number of carbonyl (C=O) groups excluding carboxylic acids is 2. The van der Waals surface area contributed by atoms with Crippen molar-refractivity contribution in [1.82, 2.24) is 9.88 Å². The van der Waals surface area contributed by atoms with Gasteiger partial charge in [0.15, 0.2) is 11.5 Å². The first-order chi connectivity index (χ1) is 19.8. The van der Waals surface area contributed by atoms with Gasteiger partial charge in [0.1, 0.15) is 11.6 Å². The van der Waals surface area contributed by atoms with Crippen LogP contribution in [0, 0.1) is 18.6 Å². The molecule has 5 rings (SSSR count). The van der Waals surface area contributed by atoms with Crippen molar-refractivity contribution < 1.29 is 32.6 Å². The third kappa shape index (κ3) is 5.15. The highest BCUT2D eigenvalue weighted by molar-refractivity contribution is 6.06. The largest absolute Gasteiger partial charge is 0.493 e. The summed E-state index contributed by atoms with van der Waals surface area (Å²) in [4.78, 5) is 26.6. The average molecular weight is 561 g/mol. The first kappa shape index (κ1) is 27.9. The second-order valence-electron chi connectivity index (χ2n) is 9.67. The highest BCUT2D eigenvalue weighted by atomic mass is 19.1. The average Bonchev–Trinajstić information content (AvgIpc) is 3.28. The van der Waals surface area contributed by atoms with Crippen molar-refractivity contribution in [3.63, 3.8) is 0 Å². The Kier molecular flexibility index (Phi) is 7.79. The molecule has 0 saturated heterocycles. The number of amides is 1. The Balaban J connectivity index is 1.58. The number of nitrogens with zero attached hydrogens (tertiary/aromatic N) is 1. The van der Waals surface area contributed by atoms with E-state index in [0.717, 1.165) is 41.1 Å². The lowest BCUT2D eigenvalue weighted by atomic mass is 9.93. The summed E-state index contributed by atoms with van der Waals surface area (Å²) >= 11 is 0. The molecule has 0 fully saturated rings. The topological polar surface area (TPSA) is 78.8 Å². The Morgan fingerprint density at radius 1 is 1.00 bits per heavy atom. The zero-order valence-electron chi connectivity index (χ0n) is 23.3. The molecule has 1 aliphatic rings. The van der Waals surface area contributed by atoms with Gasteiger partial charge in [0.05, 0.1) is 32.1 Å². The molecule has 212 valence electrons. The normalized spacial score (nSPS) is 11.9. The van der Waals surface area contributed by atoms with Gasteiger partial charge in [0.25, 0.3) is 5.91 Å². The lowest BCUT2D eigenvalue weighted by Gasteiger charge is -2.23. The van der Waals surface area contributed by atoms with Gasteiger partial charge < -0.3 is 24.1 Å². The molecule has 1 aromatic heterocycles. The van der Waals surface area contributed by atoms with Crippen molar-refractivity contribution in [3.05, 3.63) is 94.2 Å². The second kappa shape index (κ2) is 11.4. The van der Waals surface area contributed by atoms with Crippen LogP contribution in [0.1, 0.15) is 44.5 Å². The Hall–Kier alpha value is -4.66. The van der Waals surface area contributed by atoms with Gasteiger partial charge in [0, 0.05) is 47.1 Å². The van der Waals surface area contributed by atoms with Gasteiger partial charge in [-0.25, -0.2) is 13.6 Å². The molecular weight excluding hydrogens is 530 g/mol. The summed E-state index contributed by atoms with van der Waals surface area (Å²) in [6.07, 6.45) is 0.725. The number of rotatable bonds is 8. The molecule has 4 aromatic rings. The van der Waals surface area contributed by atoms with Crippen molar-refractivity contribution in [1.29, 1.82) is 0 Å². The van der Waals surface area contributed by atoms with Crippen LogP contribution in [0.15, 0.2) is 54.6 Å². The summed E-state index contributed by atoms with van der Waals surface area (Å²) < 4.78 is 46.0. The summed E-state index contributed by atoms with van der Waals surface area (Å²) in [7, 11) is 3.15. The Labute approximate surface area is 236 Å². The van der Waals surface area contributed by atoms with E-state index in [2.05, 4.69) is 9.88 Å². The van der Waals surface area contributed by atoms with E-state index >= 15 is 0 Å². The number of hydrogen-bond acceptors (Lipinski definition) is 5. The quantitative estimate of drug-likeness (QED) is 0.264. The van der Waals surface area contributed by atoms with Gasteiger partial charge in [-0.2, -0.15) is 0 Å². The number of carbonyl (C=O) groups is 2. The van der Waals surface area contributed by atoms with Crippen LogP contribution >= 0.6 is 0 Å². The fraction of sp³-hybridized carbons (Fsp3) is 0.250. The Morgan fingerprint density at radius 3 is 2.46 bits per heavy atom. The van der Waals surface area contributed by atoms with E-state index in [1.54, 1.807) is 39.3 Å². The first-order valence-electron chi connectivity index (χ1n) is 13.2. The summed E-state index contributed by atoms with van der Waals surface area (Å²) in [5, 5.41) is 2.69. The first-order valence-corrected chi connectivity index (χ1v) is 13.2. The van der Waals surface area contributed by atoms with Crippen LogP contribution in [0.3, 0.4) is 0 Å². The van der Waals surface area contributed by atoms with Crippen LogP contribution < -0.4 is 14.8 Å². The molecule has 41 heavy (non-hydrogen) atoms. The van der Waals surface area contributed by atoms with Crippen LogP contribution in [0.25, 0.3) is 22.4 Å². The minimum atomic E-state index is -0.734. The number of methoxy groups -OCH3 is 2. The van der Waals surface area contributed by atoms with E-state index in [1.165, 1.54) is 6.07 Å². The number of halogens is 2. The molecule has 0 bridgehead atoms. The molecule has 1 aliphatic heterocycles. The highest BCUT2D eigenvalue weighted by Crippen LogP contribution is 2.45. The van der Waals surface area contributed by atoms with Gasteiger partial charge in [-0.3, -0.25) is 4.79 Å². The summed E-state index contributed by atoms with van der Waals surface area (Å²) in [6.45, 7) is 4.43. The lowest BCUT2D eigenvalue weighted by Crippen LogP contribution is -2.23. The van der Waals surface area contributed by atoms with E-state index in [0.29, 0.717) is 40.3 Å². The molecular formula is C32H30F2N2O5. The molecule has 0 aliphatic carbocycles. The number of esters is 1. The molecule has 0 radical (unpaired) electrons. The van der Waals surface area contributed by atoms with Crippen molar-refractivity contribution in [2.45, 2.75) is 33.4 Å². The SMILES string of the molecule is CCOC(=O)c1c(-c2cccc(C(=O)NCc3ccc(F)cc3F)c2)c(C)n2c1-c1cc(OC)c(OC)cc1CC2. The summed E-state index contributed by atoms with van der Waals surface area (Å²) in [5.41, 5.74) is 5.68. The fourth-order valence-electron chi connectivity index (χ4n) is 5.39. The van der Waals surface area contributed by atoms with E-state index in [-0.39, 0.29) is 18.7 Å². The van der Waals surface area contributed by atoms with Crippen LogP contribution in [0.5, 0.6) is 11.5 Å². The molecule has 0 atom stereocenters. The maximum absolute atomic E-state index is 14.1. The smallest absolute Gasteiger partial charge is 0.340 e. The van der Waals surface area contributed by atoms with Crippen LogP contribution in [0.4, 0.5) is 8.78 Å². The van der Waals surface area contributed by atoms with Crippen LogP contribution in [-0.4, -0.2) is 37.3 Å². The molecule has 0 unspecified atom stereocenters. The second-order valence-corrected chi connectivity index (χ2v) is 9.67. The number of ether oxygens (including phenoxy) is 3. The standard InChI is InChI=1S/C32H30F2N2O5/c1-5-41-32(38)29-28(18(2)36-12-11-19-14-26(39-3)27(40-4)16-24(19)30(29)36)20-7-6-8-21(13-20)31(37)35-17-22-9-10-23(33)15-25(22)34/h6-10,13-16H,5,11-12,17H2,1-4H3,(H,35,37). The highest BCUT2D eigenvalue weighted by Gasteiger charge is 2.32. The predicted octanol–water partition coefficient (Wildman–Crippen LogP) is 6.09. The summed E-state index contributed by atoms with van der Waals surface area (Å²) in [5.74, 6) is -1.16. The number of hydrogen-bond donors (Lipinski definition) is 1. The lowest BCUT2D eigenvalue weighted by molar-refractivity contribution is 0.0528. The van der Waals surface area contributed by atoms with Gasteiger partial charge in [-0.1, -0.05) is 18.2 Å². The zero-order valence-corrected chi connectivity index (χ0v) is 23.3. The van der Waals surface area contributed by atoms with Crippen molar-refractivity contribution in [2.24, 2.45) is 0 Å². The van der Waals surface area contributed by atoms with Gasteiger partial charge in [-0.15, -0.1) is 0 Å². The van der Waals surface area contributed by atoms with Gasteiger partial charge >= 0.3 is 5.97 Å². The number of fused-ring (bicyclic) bond motifs is 3. The van der Waals surface area contributed by atoms with E-state index in [1.807, 2.05) is 25.1 Å². The maximum atomic E-state index is 14.1. The third-order valence-electron chi connectivity index (χ3n) is 7.34. The molecule has 1 N–H and O–H groups in total. The molecule has 0 saturated carbocycles. The minimum absolute atomic E-state index is 0.106. The molecule has 7 nitrogen and oxygen atoms in total. The fourth-order valence-corrected chi connectivity index (χ4v) is 5.39. The number of aromatic nitrogens is 1. The molecule has 0 spiro atoms. The van der Waals surface area contributed by atoms with E-state index < -0.39 is 23.5 Å². The predicted molar refractivity (Wildman–Crippen MR) is 150 cm³/mol. The molecule has 2 heterocycles. The maximum Gasteiger partial charge on any atom is 0.340 e. The van der Waals surface area contributed by atoms with Crippen molar-refractivity contribution in [3.8, 4) is 33.9 Å². The van der Waals surface area contributed by atoms with Gasteiger partial charge in [0.2, 0.25) is 0 Å². The molecule has 1 amide bonds. The third-order valence-corrected chi connectivity index (χ3v) is 7.34. The summed E-state index contributed by atoms with van der Waals surface area (Å²) in [6, 6.07) is 13.9. The number of benzene rings is 3. The Morgan fingerprint density at radius 2 is 1.76 bits per heavy atom. The van der Waals surface area contributed by atoms with Crippen molar-refractivity contribution in [2.75, 3.05) is 20.8 Å². The monoisotopic (exact) mass is 560 g/mol. The van der Waals surface area contributed by atoms with E-state index in [4.69, 9.17) is 14.2 Å². The zero-order chi connectivity index (χ0) is 29.3. The van der Waals surface area contributed by atoms with E-state index in [9.17, 15) is 18.4 Å². The molecule has 9 heteroatoms. The van der Waals surface area contributed by atoms with Gasteiger partial charge in [-0.05, 0) is 61.7 Å². The van der Waals surface area contributed by atoms with Crippen molar-refractivity contribution >= 4 is 11.9 Å². The van der Waals surface area contributed by atoms with Crippen LogP contribution in [-0.2, 0) is 24.2 Å². The Bertz CT molecular complexity index is 1660. The minimum Gasteiger partial charge on any atom is -0.493 e. The number of aryl methyl sites for hydroxylation is 1. The number of nitrogens with one attached hydrogen (secondary N) is 1. The van der Waals surface area contributed by atoms with Crippen LogP contribution in [0.2, 0.25) is 0 Å². The molecule has 3 aromatic carbocycles.